The lowest BCUT2D eigenvalue weighted by Gasteiger charge is -2.06. The monoisotopic (exact) mass is 356 g/mol. The van der Waals surface area contributed by atoms with Gasteiger partial charge in [-0.3, -0.25) is 4.79 Å². The van der Waals surface area contributed by atoms with Crippen LogP contribution in [0.4, 0.5) is 0 Å². The highest BCUT2D eigenvalue weighted by Crippen LogP contribution is 2.21. The minimum absolute atomic E-state index is 0.0306. The van der Waals surface area contributed by atoms with Crippen molar-refractivity contribution in [2.24, 2.45) is 7.05 Å². The van der Waals surface area contributed by atoms with E-state index in [9.17, 15) is 14.4 Å². The summed E-state index contributed by atoms with van der Waals surface area (Å²) in [5, 5.41) is 0.0683. The first kappa shape index (κ1) is 17.4. The number of aromatic nitrogens is 2. The van der Waals surface area contributed by atoms with Gasteiger partial charge in [-0.1, -0.05) is 18.2 Å². The molecule has 0 unspecified atom stereocenters. The topological polar surface area (TPSA) is 101 Å². The lowest BCUT2D eigenvalue weighted by atomic mass is 10.2. The van der Waals surface area contributed by atoms with Crippen molar-refractivity contribution in [2.75, 3.05) is 13.2 Å². The Morgan fingerprint density at radius 1 is 1.12 bits per heavy atom. The van der Waals surface area contributed by atoms with Gasteiger partial charge < -0.3 is 18.5 Å². The van der Waals surface area contributed by atoms with Crippen molar-refractivity contribution in [2.45, 2.75) is 6.92 Å². The van der Waals surface area contributed by atoms with E-state index in [-0.39, 0.29) is 35.6 Å². The number of rotatable bonds is 5. The third-order valence-corrected chi connectivity index (χ3v) is 3.71. The average molecular weight is 356 g/mol. The molecular formula is C18H16N2O6. The molecule has 0 saturated carbocycles. The lowest BCUT2D eigenvalue weighted by Crippen LogP contribution is -2.20. The zero-order valence-corrected chi connectivity index (χ0v) is 14.2. The van der Waals surface area contributed by atoms with E-state index < -0.39 is 17.5 Å². The first-order valence-electron chi connectivity index (χ1n) is 7.83. The highest BCUT2D eigenvalue weighted by atomic mass is 16.6. The first-order chi connectivity index (χ1) is 12.5. The molecule has 0 spiro atoms. The number of esters is 2. The van der Waals surface area contributed by atoms with Crippen LogP contribution in [0.15, 0.2) is 45.9 Å². The van der Waals surface area contributed by atoms with Crippen LogP contribution in [0.1, 0.15) is 26.5 Å². The van der Waals surface area contributed by atoms with Gasteiger partial charge in [-0.2, -0.15) is 0 Å². The Hall–Kier alpha value is -3.42. The molecule has 3 rings (SSSR count). The molecule has 0 N–H and O–H groups in total. The lowest BCUT2D eigenvalue weighted by molar-refractivity contribution is 0.0265. The molecule has 0 aliphatic heterocycles. The number of furan rings is 1. The highest BCUT2D eigenvalue weighted by molar-refractivity contribution is 6.03. The van der Waals surface area contributed by atoms with Crippen molar-refractivity contribution in [3.05, 3.63) is 63.9 Å². The van der Waals surface area contributed by atoms with Crippen LogP contribution < -0.4 is 5.56 Å². The predicted molar refractivity (Wildman–Crippen MR) is 91.0 cm³/mol. The molecule has 0 aliphatic rings. The van der Waals surface area contributed by atoms with Crippen LogP contribution in [-0.2, 0) is 16.5 Å². The summed E-state index contributed by atoms with van der Waals surface area (Å²) in [6, 6.07) is 8.47. The molecular weight excluding hydrogens is 340 g/mol. The maximum absolute atomic E-state index is 12.3. The van der Waals surface area contributed by atoms with E-state index in [1.165, 1.54) is 17.9 Å². The van der Waals surface area contributed by atoms with Gasteiger partial charge in [0.05, 0.1) is 5.56 Å². The quantitative estimate of drug-likeness (QED) is 0.508. The predicted octanol–water partition coefficient (Wildman–Crippen LogP) is 1.85. The van der Waals surface area contributed by atoms with Gasteiger partial charge in [0, 0.05) is 7.05 Å². The molecule has 2 heterocycles. The van der Waals surface area contributed by atoms with Crippen molar-refractivity contribution >= 4 is 23.0 Å². The number of nitrogens with zero attached hydrogens (tertiary/aromatic N) is 2. The van der Waals surface area contributed by atoms with Gasteiger partial charge in [0.1, 0.15) is 36.3 Å². The van der Waals surface area contributed by atoms with E-state index in [2.05, 4.69) is 4.98 Å². The molecule has 0 bridgehead atoms. The van der Waals surface area contributed by atoms with E-state index in [1.54, 1.807) is 37.3 Å². The SMILES string of the molecule is Cc1oc2ncn(C)c(=O)c2c1C(=O)OCCOC(=O)c1ccccc1. The van der Waals surface area contributed by atoms with Crippen LogP contribution in [-0.4, -0.2) is 34.7 Å². The Morgan fingerprint density at radius 3 is 2.46 bits per heavy atom. The fraction of sp³-hybridized carbons (Fsp3) is 0.222. The van der Waals surface area contributed by atoms with Gasteiger partial charge in [0.2, 0.25) is 5.71 Å². The third-order valence-electron chi connectivity index (χ3n) is 3.71. The Balaban J connectivity index is 1.65. The Morgan fingerprint density at radius 2 is 1.77 bits per heavy atom. The van der Waals surface area contributed by atoms with Crippen LogP contribution in [0.2, 0.25) is 0 Å². The summed E-state index contributed by atoms with van der Waals surface area (Å²) in [5.41, 5.74) is 0.107. The zero-order valence-electron chi connectivity index (χ0n) is 14.2. The van der Waals surface area contributed by atoms with Crippen molar-refractivity contribution in [3.8, 4) is 0 Å². The number of hydrogen-bond donors (Lipinski definition) is 0. The largest absolute Gasteiger partial charge is 0.458 e. The number of aryl methyl sites for hydroxylation is 2. The van der Waals surface area contributed by atoms with Crippen LogP contribution in [0, 0.1) is 6.92 Å². The van der Waals surface area contributed by atoms with Crippen molar-refractivity contribution in [1.29, 1.82) is 0 Å². The molecule has 0 radical (unpaired) electrons. The van der Waals surface area contributed by atoms with Crippen LogP contribution >= 0.6 is 0 Å². The van der Waals surface area contributed by atoms with Crippen molar-refractivity contribution in [3.63, 3.8) is 0 Å². The molecule has 8 nitrogen and oxygen atoms in total. The summed E-state index contributed by atoms with van der Waals surface area (Å²) in [7, 11) is 1.52. The minimum Gasteiger partial charge on any atom is -0.458 e. The Bertz CT molecular complexity index is 1020. The molecule has 0 fully saturated rings. The van der Waals surface area contributed by atoms with E-state index >= 15 is 0 Å². The second kappa shape index (κ2) is 7.22. The summed E-state index contributed by atoms with van der Waals surface area (Å²) < 4.78 is 16.7. The third kappa shape index (κ3) is 3.34. The molecule has 134 valence electrons. The summed E-state index contributed by atoms with van der Waals surface area (Å²) in [6.45, 7) is 1.29. The number of ether oxygens (including phenoxy) is 2. The van der Waals surface area contributed by atoms with E-state index in [0.29, 0.717) is 5.56 Å². The molecule has 2 aromatic heterocycles. The van der Waals surface area contributed by atoms with Gasteiger partial charge in [0.25, 0.3) is 5.56 Å². The number of benzene rings is 1. The van der Waals surface area contributed by atoms with Crippen molar-refractivity contribution in [1.82, 2.24) is 9.55 Å². The number of carbonyl (C=O) groups excluding carboxylic acids is 2. The zero-order chi connectivity index (χ0) is 18.7. The average Bonchev–Trinajstić information content (AvgIpc) is 2.99. The van der Waals surface area contributed by atoms with E-state index in [0.717, 1.165) is 0 Å². The van der Waals surface area contributed by atoms with E-state index in [4.69, 9.17) is 13.9 Å². The fourth-order valence-corrected chi connectivity index (χ4v) is 2.43. The Labute approximate surface area is 148 Å². The maximum atomic E-state index is 12.3. The number of fused-ring (bicyclic) bond motifs is 1. The minimum atomic E-state index is -0.734. The molecule has 26 heavy (non-hydrogen) atoms. The van der Waals surface area contributed by atoms with Gasteiger partial charge in [-0.15, -0.1) is 0 Å². The van der Waals surface area contributed by atoms with Gasteiger partial charge in [-0.05, 0) is 19.1 Å². The van der Waals surface area contributed by atoms with E-state index in [1.807, 2.05) is 0 Å². The molecule has 0 saturated heterocycles. The Kier molecular flexibility index (Phi) is 4.83. The summed E-state index contributed by atoms with van der Waals surface area (Å²) in [6.07, 6.45) is 1.31. The first-order valence-corrected chi connectivity index (χ1v) is 7.83. The van der Waals surface area contributed by atoms with Crippen LogP contribution in [0.5, 0.6) is 0 Å². The summed E-state index contributed by atoms with van der Waals surface area (Å²) in [5.74, 6) is -1.01. The van der Waals surface area contributed by atoms with Gasteiger partial charge in [-0.25, -0.2) is 14.6 Å². The number of carbonyl (C=O) groups is 2. The second-order valence-corrected chi connectivity index (χ2v) is 5.51. The smallest absolute Gasteiger partial charge is 0.342 e. The molecule has 0 atom stereocenters. The summed E-state index contributed by atoms with van der Waals surface area (Å²) in [4.78, 5) is 40.3. The molecule has 3 aromatic rings. The highest BCUT2D eigenvalue weighted by Gasteiger charge is 2.23. The standard InChI is InChI=1S/C18H16N2O6/c1-11-13(14-15(26-11)19-10-20(2)16(14)21)18(23)25-9-8-24-17(22)12-6-4-3-5-7-12/h3-7,10H,8-9H2,1-2H3. The van der Waals surface area contributed by atoms with Crippen LogP contribution in [0.3, 0.4) is 0 Å². The van der Waals surface area contributed by atoms with Crippen LogP contribution in [0.25, 0.3) is 11.1 Å². The molecule has 8 heteroatoms. The van der Waals surface area contributed by atoms with Gasteiger partial charge >= 0.3 is 11.9 Å². The van der Waals surface area contributed by atoms with Crippen molar-refractivity contribution < 1.29 is 23.5 Å². The summed E-state index contributed by atoms with van der Waals surface area (Å²) >= 11 is 0. The normalized spacial score (nSPS) is 10.7. The molecule has 1 aromatic carbocycles. The van der Waals surface area contributed by atoms with Gasteiger partial charge in [0.15, 0.2) is 0 Å². The fourth-order valence-electron chi connectivity index (χ4n) is 2.43. The molecule has 0 aliphatic carbocycles. The number of hydrogen-bond acceptors (Lipinski definition) is 7. The molecule has 0 amide bonds. The maximum Gasteiger partial charge on any atom is 0.342 e. The second-order valence-electron chi connectivity index (χ2n) is 5.51.